The first kappa shape index (κ1) is 14.7. The highest BCUT2D eigenvalue weighted by Crippen LogP contribution is 2.19. The number of nitrogens with zero attached hydrogens (tertiary/aromatic N) is 1. The molecule has 2 N–H and O–H groups in total. The number of benzene rings is 1. The van der Waals surface area contributed by atoms with Gasteiger partial charge in [0.15, 0.2) is 0 Å². The van der Waals surface area contributed by atoms with Gasteiger partial charge in [-0.15, -0.1) is 12.4 Å². The van der Waals surface area contributed by atoms with Gasteiger partial charge in [-0.3, -0.25) is 4.98 Å². The molecule has 0 unspecified atom stereocenters. The van der Waals surface area contributed by atoms with Crippen LogP contribution in [0.2, 0.25) is 0 Å². The molecule has 0 aliphatic carbocycles. The van der Waals surface area contributed by atoms with Crippen molar-refractivity contribution in [1.82, 2.24) is 4.98 Å². The minimum Gasteiger partial charge on any atom is -0.319 e. The molecule has 0 aliphatic rings. The minimum atomic E-state index is -0.141. The van der Waals surface area contributed by atoms with E-state index in [2.05, 4.69) is 24.9 Å². The molecule has 1 aromatic carbocycles. The first-order valence-electron chi connectivity index (χ1n) is 5.95. The first-order chi connectivity index (χ1) is 8.18. The summed E-state index contributed by atoms with van der Waals surface area (Å²) in [6.45, 7) is 4.32. The van der Waals surface area contributed by atoms with E-state index in [0.29, 0.717) is 5.92 Å². The van der Waals surface area contributed by atoms with Crippen molar-refractivity contribution in [2.75, 3.05) is 0 Å². The van der Waals surface area contributed by atoms with Gasteiger partial charge in [0.1, 0.15) is 0 Å². The lowest BCUT2D eigenvalue weighted by molar-refractivity contribution is 0.807. The third-order valence-corrected chi connectivity index (χ3v) is 2.95. The third kappa shape index (κ3) is 3.31. The van der Waals surface area contributed by atoms with E-state index in [4.69, 9.17) is 5.73 Å². The number of rotatable bonds is 3. The molecule has 18 heavy (non-hydrogen) atoms. The van der Waals surface area contributed by atoms with Crippen LogP contribution in [0.15, 0.2) is 48.7 Å². The summed E-state index contributed by atoms with van der Waals surface area (Å²) in [5.74, 6) is 0.504. The number of hydrogen-bond acceptors (Lipinski definition) is 2. The van der Waals surface area contributed by atoms with Crippen LogP contribution in [0.4, 0.5) is 0 Å². The Morgan fingerprint density at radius 1 is 0.944 bits per heavy atom. The smallest absolute Gasteiger partial charge is 0.0726 e. The van der Waals surface area contributed by atoms with E-state index in [9.17, 15) is 0 Å². The molecule has 3 heteroatoms. The van der Waals surface area contributed by atoms with E-state index < -0.39 is 0 Å². The molecule has 96 valence electrons. The Hall–Kier alpha value is -1.38. The summed E-state index contributed by atoms with van der Waals surface area (Å²) in [6.07, 6.45) is 1.92. The van der Waals surface area contributed by atoms with Crippen molar-refractivity contribution in [2.45, 2.75) is 25.8 Å². The third-order valence-electron chi connectivity index (χ3n) is 2.95. The maximum Gasteiger partial charge on any atom is 0.0726 e. The molecule has 2 nitrogen and oxygen atoms in total. The highest BCUT2D eigenvalue weighted by molar-refractivity contribution is 5.85. The van der Waals surface area contributed by atoms with Crippen molar-refractivity contribution >= 4 is 12.4 Å². The van der Waals surface area contributed by atoms with E-state index in [1.807, 2.05) is 42.6 Å². The van der Waals surface area contributed by atoms with Crippen LogP contribution < -0.4 is 5.73 Å². The summed E-state index contributed by atoms with van der Waals surface area (Å²) in [5, 5.41) is 0. The van der Waals surface area contributed by atoms with Gasteiger partial charge in [-0.25, -0.2) is 0 Å². The molecule has 0 spiro atoms. The highest BCUT2D eigenvalue weighted by atomic mass is 35.5. The molecule has 0 bridgehead atoms. The zero-order valence-corrected chi connectivity index (χ0v) is 11.5. The van der Waals surface area contributed by atoms with Crippen molar-refractivity contribution < 1.29 is 0 Å². The van der Waals surface area contributed by atoms with Crippen LogP contribution in [0.25, 0.3) is 0 Å². The quantitative estimate of drug-likeness (QED) is 0.917. The van der Waals surface area contributed by atoms with Crippen LogP contribution in [0, 0.1) is 0 Å². The van der Waals surface area contributed by atoms with Crippen molar-refractivity contribution in [2.24, 2.45) is 5.73 Å². The van der Waals surface area contributed by atoms with Crippen LogP contribution in [0.3, 0.4) is 0 Å². The van der Waals surface area contributed by atoms with Gasteiger partial charge in [0, 0.05) is 6.20 Å². The summed E-state index contributed by atoms with van der Waals surface area (Å²) in [4.78, 5) is 4.45. The summed E-state index contributed by atoms with van der Waals surface area (Å²) in [7, 11) is 0. The Morgan fingerprint density at radius 2 is 1.61 bits per heavy atom. The maximum absolute atomic E-state index is 6.18. The highest BCUT2D eigenvalue weighted by Gasteiger charge is 2.10. The number of pyridine rings is 1. The van der Waals surface area contributed by atoms with E-state index in [1.165, 1.54) is 5.56 Å². The Bertz CT molecular complexity index is 466. The molecule has 1 heterocycles. The van der Waals surface area contributed by atoms with E-state index in [1.54, 1.807) is 0 Å². The number of halogens is 1. The number of hydrogen-bond donors (Lipinski definition) is 1. The van der Waals surface area contributed by atoms with Crippen molar-refractivity contribution in [3.8, 4) is 0 Å². The van der Waals surface area contributed by atoms with Gasteiger partial charge in [-0.05, 0) is 23.1 Å². The predicted molar refractivity (Wildman–Crippen MR) is 78.0 cm³/mol. The lowest BCUT2D eigenvalue weighted by atomic mass is 10.0. The van der Waals surface area contributed by atoms with Gasteiger partial charge in [-0.2, -0.15) is 0 Å². The molecule has 0 amide bonds. The second-order valence-corrected chi connectivity index (χ2v) is 4.56. The molecule has 1 atom stereocenters. The summed E-state index contributed by atoms with van der Waals surface area (Å²) >= 11 is 0. The Labute approximate surface area is 115 Å². The summed E-state index contributed by atoms with van der Waals surface area (Å²) in [6, 6.07) is 14.0. The summed E-state index contributed by atoms with van der Waals surface area (Å²) in [5.41, 5.74) is 9.44. The van der Waals surface area contributed by atoms with Crippen LogP contribution in [-0.4, -0.2) is 4.98 Å². The van der Waals surface area contributed by atoms with Crippen LogP contribution in [-0.2, 0) is 0 Å². The van der Waals surface area contributed by atoms with Crippen LogP contribution >= 0.6 is 12.4 Å². The molecule has 0 fully saturated rings. The fourth-order valence-electron chi connectivity index (χ4n) is 1.77. The van der Waals surface area contributed by atoms with Crippen molar-refractivity contribution in [3.05, 3.63) is 65.5 Å². The molecular weight excluding hydrogens is 244 g/mol. The maximum atomic E-state index is 6.18. The average Bonchev–Trinajstić information content (AvgIpc) is 2.39. The SMILES string of the molecule is CC(C)c1ccc([C@@H](N)c2ccccc2)nc1.Cl. The largest absolute Gasteiger partial charge is 0.319 e. The lowest BCUT2D eigenvalue weighted by Crippen LogP contribution is -2.13. The molecule has 2 aromatic rings. The zero-order chi connectivity index (χ0) is 12.3. The summed E-state index contributed by atoms with van der Waals surface area (Å²) < 4.78 is 0. The fourth-order valence-corrected chi connectivity index (χ4v) is 1.77. The Kier molecular flexibility index (Phi) is 5.32. The molecule has 0 saturated carbocycles. The van der Waals surface area contributed by atoms with E-state index >= 15 is 0 Å². The van der Waals surface area contributed by atoms with E-state index in [0.717, 1.165) is 11.3 Å². The predicted octanol–water partition coefficient (Wildman–Crippen LogP) is 3.67. The molecule has 1 aromatic heterocycles. The molecular formula is C15H19ClN2. The molecule has 0 aliphatic heterocycles. The molecule has 0 radical (unpaired) electrons. The monoisotopic (exact) mass is 262 g/mol. The van der Waals surface area contributed by atoms with Crippen molar-refractivity contribution in [3.63, 3.8) is 0 Å². The van der Waals surface area contributed by atoms with Gasteiger partial charge in [0.05, 0.1) is 11.7 Å². The number of nitrogens with two attached hydrogens (primary N) is 1. The van der Waals surface area contributed by atoms with Gasteiger partial charge in [-0.1, -0.05) is 50.2 Å². The average molecular weight is 263 g/mol. The first-order valence-corrected chi connectivity index (χ1v) is 5.95. The van der Waals surface area contributed by atoms with Gasteiger partial charge < -0.3 is 5.73 Å². The second kappa shape index (κ2) is 6.53. The van der Waals surface area contributed by atoms with Gasteiger partial charge in [0.2, 0.25) is 0 Å². The zero-order valence-electron chi connectivity index (χ0n) is 10.7. The Morgan fingerprint density at radius 3 is 2.11 bits per heavy atom. The standard InChI is InChI=1S/C15H18N2.ClH/c1-11(2)13-8-9-14(17-10-13)15(16)12-6-4-3-5-7-12;/h3-11,15H,16H2,1-2H3;1H/t15-;/m0./s1. The topological polar surface area (TPSA) is 38.9 Å². The Balaban J connectivity index is 0.00000162. The number of aromatic nitrogens is 1. The van der Waals surface area contributed by atoms with Crippen molar-refractivity contribution in [1.29, 1.82) is 0 Å². The van der Waals surface area contributed by atoms with Crippen LogP contribution in [0.5, 0.6) is 0 Å². The van der Waals surface area contributed by atoms with E-state index in [-0.39, 0.29) is 18.4 Å². The minimum absolute atomic E-state index is 0. The van der Waals surface area contributed by atoms with Gasteiger partial charge >= 0.3 is 0 Å². The fraction of sp³-hybridized carbons (Fsp3) is 0.267. The second-order valence-electron chi connectivity index (χ2n) is 4.56. The lowest BCUT2D eigenvalue weighted by Gasteiger charge is -2.12. The molecule has 2 rings (SSSR count). The molecule has 0 saturated heterocycles. The normalized spacial score (nSPS) is 12.0. The van der Waals surface area contributed by atoms with Crippen LogP contribution in [0.1, 0.15) is 42.6 Å². The van der Waals surface area contributed by atoms with Gasteiger partial charge in [0.25, 0.3) is 0 Å².